The molecule has 0 radical (unpaired) electrons. The molecule has 0 aliphatic heterocycles. The van der Waals surface area contributed by atoms with Crippen LogP contribution in [0, 0.1) is 0 Å². The summed E-state index contributed by atoms with van der Waals surface area (Å²) in [5.74, 6) is 0. The summed E-state index contributed by atoms with van der Waals surface area (Å²) in [6.45, 7) is 14.0. The van der Waals surface area contributed by atoms with Crippen LogP contribution in [-0.4, -0.2) is 37.1 Å². The maximum Gasteiger partial charge on any atom is 0.0110 e. The van der Waals surface area contributed by atoms with Crippen LogP contribution in [0.1, 0.15) is 66.2 Å². The molecule has 0 aromatic heterocycles. The SMILES string of the molecule is CCCCCNCCN(CCCC)C(C)CC. The average molecular weight is 242 g/mol. The minimum Gasteiger partial charge on any atom is -0.315 e. The van der Waals surface area contributed by atoms with Gasteiger partial charge in [0.2, 0.25) is 0 Å². The lowest BCUT2D eigenvalue weighted by Gasteiger charge is -2.28. The zero-order chi connectivity index (χ0) is 12.9. The molecule has 0 heterocycles. The van der Waals surface area contributed by atoms with Crippen LogP contribution in [-0.2, 0) is 0 Å². The van der Waals surface area contributed by atoms with E-state index < -0.39 is 0 Å². The number of nitrogens with zero attached hydrogens (tertiary/aromatic N) is 1. The van der Waals surface area contributed by atoms with Crippen molar-refractivity contribution in [3.05, 3.63) is 0 Å². The van der Waals surface area contributed by atoms with Crippen molar-refractivity contribution < 1.29 is 0 Å². The maximum atomic E-state index is 3.56. The molecule has 0 saturated heterocycles. The van der Waals surface area contributed by atoms with Crippen LogP contribution in [0.5, 0.6) is 0 Å². The van der Waals surface area contributed by atoms with Crippen LogP contribution in [0.25, 0.3) is 0 Å². The maximum absolute atomic E-state index is 3.56. The summed E-state index contributed by atoms with van der Waals surface area (Å²) in [5.41, 5.74) is 0. The van der Waals surface area contributed by atoms with Gasteiger partial charge in [-0.2, -0.15) is 0 Å². The Bertz CT molecular complexity index is 148. The van der Waals surface area contributed by atoms with E-state index in [2.05, 4.69) is 37.9 Å². The Labute approximate surface area is 109 Å². The van der Waals surface area contributed by atoms with Crippen molar-refractivity contribution in [1.29, 1.82) is 0 Å². The molecule has 1 N–H and O–H groups in total. The van der Waals surface area contributed by atoms with Gasteiger partial charge in [-0.25, -0.2) is 0 Å². The van der Waals surface area contributed by atoms with Gasteiger partial charge in [0, 0.05) is 19.1 Å². The fourth-order valence-corrected chi connectivity index (χ4v) is 2.02. The molecule has 0 aliphatic carbocycles. The Hall–Kier alpha value is -0.0800. The first-order valence-electron chi connectivity index (χ1n) is 7.70. The highest BCUT2D eigenvalue weighted by Gasteiger charge is 2.10. The van der Waals surface area contributed by atoms with Crippen LogP contribution in [0.15, 0.2) is 0 Å². The van der Waals surface area contributed by atoms with Gasteiger partial charge in [-0.1, -0.05) is 40.0 Å². The predicted molar refractivity (Wildman–Crippen MR) is 78.6 cm³/mol. The van der Waals surface area contributed by atoms with Crippen molar-refractivity contribution in [1.82, 2.24) is 10.2 Å². The molecule has 0 bridgehead atoms. The summed E-state index contributed by atoms with van der Waals surface area (Å²) in [4.78, 5) is 2.64. The quantitative estimate of drug-likeness (QED) is 0.525. The van der Waals surface area contributed by atoms with E-state index in [-0.39, 0.29) is 0 Å². The van der Waals surface area contributed by atoms with E-state index in [4.69, 9.17) is 0 Å². The first-order valence-corrected chi connectivity index (χ1v) is 7.70. The zero-order valence-corrected chi connectivity index (χ0v) is 12.6. The molecule has 0 amide bonds. The Balaban J connectivity index is 3.60. The highest BCUT2D eigenvalue weighted by Crippen LogP contribution is 2.04. The molecule has 0 aliphatic rings. The van der Waals surface area contributed by atoms with Crippen LogP contribution >= 0.6 is 0 Å². The van der Waals surface area contributed by atoms with Crippen molar-refractivity contribution in [2.24, 2.45) is 0 Å². The molecule has 2 heteroatoms. The van der Waals surface area contributed by atoms with Gasteiger partial charge in [0.15, 0.2) is 0 Å². The van der Waals surface area contributed by atoms with Crippen molar-refractivity contribution >= 4 is 0 Å². The fourth-order valence-electron chi connectivity index (χ4n) is 2.02. The largest absolute Gasteiger partial charge is 0.315 e. The first-order chi connectivity index (χ1) is 8.26. The van der Waals surface area contributed by atoms with Gasteiger partial charge >= 0.3 is 0 Å². The molecular formula is C15H34N2. The molecule has 0 aromatic carbocycles. The summed E-state index contributed by atoms with van der Waals surface area (Å²) in [6, 6.07) is 0.735. The summed E-state index contributed by atoms with van der Waals surface area (Å²) < 4.78 is 0. The lowest BCUT2D eigenvalue weighted by Crippen LogP contribution is -2.38. The van der Waals surface area contributed by atoms with Gasteiger partial charge < -0.3 is 5.32 Å². The molecule has 1 unspecified atom stereocenters. The standard InChI is InChI=1S/C15H34N2/c1-5-8-10-11-16-12-14-17(13-9-6-2)15(4)7-3/h15-16H,5-14H2,1-4H3. The number of nitrogens with one attached hydrogen (secondary N) is 1. The van der Waals surface area contributed by atoms with E-state index >= 15 is 0 Å². The number of hydrogen-bond acceptors (Lipinski definition) is 2. The average Bonchev–Trinajstić information content (AvgIpc) is 2.36. The highest BCUT2D eigenvalue weighted by atomic mass is 15.2. The van der Waals surface area contributed by atoms with Gasteiger partial charge in [0.25, 0.3) is 0 Å². The Morgan fingerprint density at radius 2 is 1.59 bits per heavy atom. The second-order valence-corrected chi connectivity index (χ2v) is 5.10. The minimum absolute atomic E-state index is 0.735. The van der Waals surface area contributed by atoms with E-state index in [1.807, 2.05) is 0 Å². The smallest absolute Gasteiger partial charge is 0.0110 e. The van der Waals surface area contributed by atoms with Crippen LogP contribution in [0.2, 0.25) is 0 Å². The molecule has 104 valence electrons. The van der Waals surface area contributed by atoms with E-state index in [0.717, 1.165) is 12.6 Å². The Morgan fingerprint density at radius 3 is 2.18 bits per heavy atom. The summed E-state index contributed by atoms with van der Waals surface area (Å²) >= 11 is 0. The monoisotopic (exact) mass is 242 g/mol. The Morgan fingerprint density at radius 1 is 0.882 bits per heavy atom. The van der Waals surface area contributed by atoms with Gasteiger partial charge in [-0.05, 0) is 39.3 Å². The van der Waals surface area contributed by atoms with Gasteiger partial charge in [0.05, 0.1) is 0 Å². The number of rotatable bonds is 12. The summed E-state index contributed by atoms with van der Waals surface area (Å²) in [5, 5.41) is 3.56. The topological polar surface area (TPSA) is 15.3 Å². The Kier molecular flexibility index (Phi) is 12.3. The van der Waals surface area contributed by atoms with E-state index in [1.165, 1.54) is 58.2 Å². The van der Waals surface area contributed by atoms with Crippen molar-refractivity contribution in [2.75, 3.05) is 26.2 Å². The molecule has 0 aromatic rings. The predicted octanol–water partition coefficient (Wildman–Crippen LogP) is 3.67. The molecule has 0 rings (SSSR count). The molecule has 1 atom stereocenters. The van der Waals surface area contributed by atoms with E-state index in [9.17, 15) is 0 Å². The fraction of sp³-hybridized carbons (Fsp3) is 1.00. The van der Waals surface area contributed by atoms with Gasteiger partial charge in [-0.3, -0.25) is 4.90 Å². The third kappa shape index (κ3) is 9.61. The van der Waals surface area contributed by atoms with Crippen molar-refractivity contribution in [3.8, 4) is 0 Å². The molecular weight excluding hydrogens is 208 g/mol. The van der Waals surface area contributed by atoms with Gasteiger partial charge in [0.1, 0.15) is 0 Å². The molecule has 17 heavy (non-hydrogen) atoms. The highest BCUT2D eigenvalue weighted by molar-refractivity contribution is 4.67. The summed E-state index contributed by atoms with van der Waals surface area (Å²) in [7, 11) is 0. The van der Waals surface area contributed by atoms with Crippen LogP contribution in [0.3, 0.4) is 0 Å². The van der Waals surface area contributed by atoms with Crippen LogP contribution in [0.4, 0.5) is 0 Å². The molecule has 0 fully saturated rings. The second-order valence-electron chi connectivity index (χ2n) is 5.10. The zero-order valence-electron chi connectivity index (χ0n) is 12.6. The summed E-state index contributed by atoms with van der Waals surface area (Å²) in [6.07, 6.45) is 7.90. The second kappa shape index (κ2) is 12.4. The number of hydrogen-bond donors (Lipinski definition) is 1. The van der Waals surface area contributed by atoms with Crippen molar-refractivity contribution in [2.45, 2.75) is 72.3 Å². The van der Waals surface area contributed by atoms with Gasteiger partial charge in [-0.15, -0.1) is 0 Å². The number of unbranched alkanes of at least 4 members (excludes halogenated alkanes) is 3. The normalized spacial score (nSPS) is 13.2. The lowest BCUT2D eigenvalue weighted by molar-refractivity contribution is 0.201. The molecule has 2 nitrogen and oxygen atoms in total. The molecule has 0 saturated carbocycles. The third-order valence-corrected chi connectivity index (χ3v) is 3.55. The van der Waals surface area contributed by atoms with E-state index in [0.29, 0.717) is 0 Å². The lowest BCUT2D eigenvalue weighted by atomic mass is 10.2. The van der Waals surface area contributed by atoms with Crippen LogP contribution < -0.4 is 5.32 Å². The van der Waals surface area contributed by atoms with E-state index in [1.54, 1.807) is 0 Å². The van der Waals surface area contributed by atoms with Crippen molar-refractivity contribution in [3.63, 3.8) is 0 Å². The minimum atomic E-state index is 0.735. The molecule has 0 spiro atoms. The third-order valence-electron chi connectivity index (χ3n) is 3.55. The first kappa shape index (κ1) is 16.9.